The monoisotopic (exact) mass is 356 g/mol. The van der Waals surface area contributed by atoms with Crippen molar-refractivity contribution in [3.8, 4) is 0 Å². The fourth-order valence-corrected chi connectivity index (χ4v) is 3.32. The lowest BCUT2D eigenvalue weighted by molar-refractivity contribution is -0.137. The summed E-state index contributed by atoms with van der Waals surface area (Å²) < 4.78 is 7.33. The number of rotatable bonds is 7. The van der Waals surface area contributed by atoms with Crippen molar-refractivity contribution in [3.63, 3.8) is 0 Å². The Balaban J connectivity index is 1.54. The summed E-state index contributed by atoms with van der Waals surface area (Å²) in [4.78, 5) is 29.9. The quantitative estimate of drug-likeness (QED) is 0.809. The summed E-state index contributed by atoms with van der Waals surface area (Å²) in [7, 11) is 0. The number of aromatic nitrogens is 2. The summed E-state index contributed by atoms with van der Waals surface area (Å²) in [5, 5.41) is 0. The Morgan fingerprint density at radius 2 is 2.08 bits per heavy atom. The van der Waals surface area contributed by atoms with Gasteiger partial charge in [-0.1, -0.05) is 30.3 Å². The number of likely N-dealkylation sites (tertiary alicyclic amines) is 1. The van der Waals surface area contributed by atoms with E-state index in [2.05, 4.69) is 4.98 Å². The van der Waals surface area contributed by atoms with Crippen molar-refractivity contribution in [1.29, 1.82) is 0 Å². The van der Waals surface area contributed by atoms with Crippen LogP contribution in [0.15, 0.2) is 42.7 Å². The molecule has 1 saturated heterocycles. The predicted molar refractivity (Wildman–Crippen MR) is 96.1 cm³/mol. The van der Waals surface area contributed by atoms with Gasteiger partial charge in [0.25, 0.3) is 0 Å². The number of imidazole rings is 1. The standard InChI is InChI=1S/C19H24N4O3/c20-17(24)12-23-10-8-21-19(23)16-7-4-9-22(11-16)18(25)14-26-13-15-5-2-1-3-6-15/h1-3,5-6,8,10,16H,4,7,9,11-14H2,(H2,20,24)/t16-/m1/s1. The van der Waals surface area contributed by atoms with Crippen LogP contribution in [0.4, 0.5) is 0 Å². The number of hydrogen-bond donors (Lipinski definition) is 1. The molecule has 0 bridgehead atoms. The fraction of sp³-hybridized carbons (Fsp3) is 0.421. The van der Waals surface area contributed by atoms with E-state index in [0.717, 1.165) is 30.8 Å². The molecule has 1 fully saturated rings. The molecule has 0 spiro atoms. The highest BCUT2D eigenvalue weighted by molar-refractivity contribution is 5.77. The van der Waals surface area contributed by atoms with E-state index in [1.807, 2.05) is 35.2 Å². The van der Waals surface area contributed by atoms with Gasteiger partial charge in [0.05, 0.1) is 6.61 Å². The third-order valence-corrected chi connectivity index (χ3v) is 4.55. The fourth-order valence-electron chi connectivity index (χ4n) is 3.32. The van der Waals surface area contributed by atoms with E-state index in [0.29, 0.717) is 13.2 Å². The molecule has 1 aliphatic rings. The van der Waals surface area contributed by atoms with Crippen molar-refractivity contribution in [1.82, 2.24) is 14.5 Å². The first-order valence-electron chi connectivity index (χ1n) is 8.82. The smallest absolute Gasteiger partial charge is 0.248 e. The summed E-state index contributed by atoms with van der Waals surface area (Å²) >= 11 is 0. The summed E-state index contributed by atoms with van der Waals surface area (Å²) in [5.74, 6) is 0.503. The lowest BCUT2D eigenvalue weighted by atomic mass is 9.97. The van der Waals surface area contributed by atoms with Crippen LogP contribution in [0.3, 0.4) is 0 Å². The first-order chi connectivity index (χ1) is 12.6. The Bertz CT molecular complexity index is 744. The highest BCUT2D eigenvalue weighted by atomic mass is 16.5. The Morgan fingerprint density at radius 3 is 2.85 bits per heavy atom. The number of amides is 2. The highest BCUT2D eigenvalue weighted by Gasteiger charge is 2.27. The Morgan fingerprint density at radius 1 is 1.27 bits per heavy atom. The Kier molecular flexibility index (Phi) is 6.01. The van der Waals surface area contributed by atoms with Crippen molar-refractivity contribution in [2.45, 2.75) is 31.9 Å². The molecule has 138 valence electrons. The van der Waals surface area contributed by atoms with Crippen LogP contribution in [0.25, 0.3) is 0 Å². The normalized spacial score (nSPS) is 17.2. The van der Waals surface area contributed by atoms with Crippen LogP contribution in [0, 0.1) is 0 Å². The average molecular weight is 356 g/mol. The molecule has 26 heavy (non-hydrogen) atoms. The first-order valence-corrected chi connectivity index (χ1v) is 8.82. The Hall–Kier alpha value is -2.67. The lowest BCUT2D eigenvalue weighted by Crippen LogP contribution is -2.41. The number of ether oxygens (including phenoxy) is 1. The van der Waals surface area contributed by atoms with Gasteiger partial charge in [0, 0.05) is 31.4 Å². The van der Waals surface area contributed by atoms with Gasteiger partial charge in [-0.15, -0.1) is 0 Å². The maximum Gasteiger partial charge on any atom is 0.248 e. The number of benzene rings is 1. The largest absolute Gasteiger partial charge is 0.368 e. The molecule has 0 aliphatic carbocycles. The zero-order valence-corrected chi connectivity index (χ0v) is 14.7. The predicted octanol–water partition coefficient (Wildman–Crippen LogP) is 1.29. The zero-order valence-electron chi connectivity index (χ0n) is 14.7. The molecule has 1 atom stereocenters. The third-order valence-electron chi connectivity index (χ3n) is 4.55. The molecule has 2 amide bonds. The zero-order chi connectivity index (χ0) is 18.4. The van der Waals surface area contributed by atoms with Gasteiger partial charge < -0.3 is 19.9 Å². The van der Waals surface area contributed by atoms with Crippen LogP contribution < -0.4 is 5.73 Å². The molecule has 0 unspecified atom stereocenters. The van der Waals surface area contributed by atoms with Gasteiger partial charge >= 0.3 is 0 Å². The second kappa shape index (κ2) is 8.62. The number of nitrogens with zero attached hydrogens (tertiary/aromatic N) is 3. The first kappa shape index (κ1) is 18.1. The summed E-state index contributed by atoms with van der Waals surface area (Å²) in [6.45, 7) is 1.91. The summed E-state index contributed by atoms with van der Waals surface area (Å²) in [6, 6.07) is 9.79. The minimum atomic E-state index is -0.401. The van der Waals surface area contributed by atoms with E-state index < -0.39 is 5.91 Å². The maximum absolute atomic E-state index is 12.5. The van der Waals surface area contributed by atoms with Crippen LogP contribution in [0.2, 0.25) is 0 Å². The molecule has 0 saturated carbocycles. The number of hydrogen-bond acceptors (Lipinski definition) is 4. The van der Waals surface area contributed by atoms with E-state index >= 15 is 0 Å². The van der Waals surface area contributed by atoms with Crippen LogP contribution in [0.5, 0.6) is 0 Å². The van der Waals surface area contributed by atoms with Crippen LogP contribution in [-0.4, -0.2) is 46.0 Å². The number of carbonyl (C=O) groups excluding carboxylic acids is 2. The summed E-state index contributed by atoms with van der Waals surface area (Å²) in [5.41, 5.74) is 6.34. The van der Waals surface area contributed by atoms with Crippen LogP contribution in [-0.2, 0) is 27.5 Å². The molecule has 0 radical (unpaired) electrons. The van der Waals surface area contributed by atoms with Gasteiger partial charge in [-0.3, -0.25) is 9.59 Å². The molecular weight excluding hydrogens is 332 g/mol. The molecule has 2 heterocycles. The molecule has 2 aromatic rings. The second-order valence-electron chi connectivity index (χ2n) is 6.54. The summed E-state index contributed by atoms with van der Waals surface area (Å²) in [6.07, 6.45) is 5.26. The van der Waals surface area contributed by atoms with E-state index in [1.54, 1.807) is 17.0 Å². The van der Waals surface area contributed by atoms with Crippen molar-refractivity contribution in [2.75, 3.05) is 19.7 Å². The van der Waals surface area contributed by atoms with Gasteiger partial charge in [-0.25, -0.2) is 4.98 Å². The van der Waals surface area contributed by atoms with Gasteiger partial charge in [0.15, 0.2) is 0 Å². The lowest BCUT2D eigenvalue weighted by Gasteiger charge is -2.32. The maximum atomic E-state index is 12.5. The molecule has 1 aliphatic heterocycles. The van der Waals surface area contributed by atoms with E-state index in [-0.39, 0.29) is 25.0 Å². The molecular formula is C19H24N4O3. The van der Waals surface area contributed by atoms with Gasteiger partial charge in [-0.05, 0) is 18.4 Å². The SMILES string of the molecule is NC(=O)Cn1ccnc1[C@@H]1CCCN(C(=O)COCc2ccccc2)C1. The van der Waals surface area contributed by atoms with Crippen molar-refractivity contribution < 1.29 is 14.3 Å². The van der Waals surface area contributed by atoms with Crippen molar-refractivity contribution in [2.24, 2.45) is 5.73 Å². The van der Waals surface area contributed by atoms with Crippen molar-refractivity contribution >= 4 is 11.8 Å². The third kappa shape index (κ3) is 4.70. The number of piperidine rings is 1. The van der Waals surface area contributed by atoms with E-state index in [9.17, 15) is 9.59 Å². The van der Waals surface area contributed by atoms with E-state index in [4.69, 9.17) is 10.5 Å². The number of nitrogens with two attached hydrogens (primary N) is 1. The molecule has 1 aromatic heterocycles. The molecule has 3 rings (SSSR count). The van der Waals surface area contributed by atoms with Gasteiger partial charge in [0.2, 0.25) is 11.8 Å². The van der Waals surface area contributed by atoms with Gasteiger partial charge in [0.1, 0.15) is 19.0 Å². The van der Waals surface area contributed by atoms with E-state index in [1.165, 1.54) is 0 Å². The topological polar surface area (TPSA) is 90.5 Å². The minimum Gasteiger partial charge on any atom is -0.368 e. The molecule has 7 nitrogen and oxygen atoms in total. The Labute approximate surface area is 152 Å². The van der Waals surface area contributed by atoms with Gasteiger partial charge in [-0.2, -0.15) is 0 Å². The number of primary amides is 1. The highest BCUT2D eigenvalue weighted by Crippen LogP contribution is 2.26. The number of carbonyl (C=O) groups is 2. The second-order valence-corrected chi connectivity index (χ2v) is 6.54. The minimum absolute atomic E-state index is 0.0151. The van der Waals surface area contributed by atoms with Crippen molar-refractivity contribution in [3.05, 3.63) is 54.1 Å². The average Bonchev–Trinajstić information content (AvgIpc) is 3.10. The molecule has 1 aromatic carbocycles. The molecule has 7 heteroatoms. The molecule has 2 N–H and O–H groups in total. The van der Waals surface area contributed by atoms with Crippen LogP contribution >= 0.6 is 0 Å². The van der Waals surface area contributed by atoms with Crippen LogP contribution in [0.1, 0.15) is 30.1 Å².